The minimum absolute atomic E-state index is 0.355. The molecule has 0 radical (unpaired) electrons. The van der Waals surface area contributed by atoms with Crippen molar-refractivity contribution in [1.82, 2.24) is 19.7 Å². The summed E-state index contributed by atoms with van der Waals surface area (Å²) in [6.07, 6.45) is 5.77. The number of rotatable bonds is 2. The fourth-order valence-electron chi connectivity index (χ4n) is 2.39. The van der Waals surface area contributed by atoms with E-state index in [1.807, 2.05) is 25.5 Å². The van der Waals surface area contributed by atoms with Gasteiger partial charge in [-0.3, -0.25) is 4.68 Å². The van der Waals surface area contributed by atoms with Gasteiger partial charge in [0.15, 0.2) is 0 Å². The number of H-pyrrole nitrogens is 1. The van der Waals surface area contributed by atoms with E-state index in [0.29, 0.717) is 4.64 Å². The highest BCUT2D eigenvalue weighted by atomic mass is 32.1. The number of nitrogens with zero attached hydrogens (tertiary/aromatic N) is 3. The molecular weight excluding hydrogens is 260 g/mol. The molecule has 1 N–H and O–H groups in total. The van der Waals surface area contributed by atoms with Crippen LogP contribution >= 0.6 is 12.2 Å². The van der Waals surface area contributed by atoms with Gasteiger partial charge in [0, 0.05) is 25.4 Å². The Morgan fingerprint density at radius 2 is 2.37 bits per heavy atom. The Morgan fingerprint density at radius 3 is 3.00 bits per heavy atom. The van der Waals surface area contributed by atoms with Crippen molar-refractivity contribution in [1.29, 1.82) is 0 Å². The first-order chi connectivity index (χ1) is 9.07. The van der Waals surface area contributed by atoms with Crippen LogP contribution in [0, 0.1) is 4.64 Å². The number of hydrogen-bond acceptors (Lipinski definition) is 4. The summed E-state index contributed by atoms with van der Waals surface area (Å²) in [4.78, 5) is 7.77. The Balaban J connectivity index is 2.08. The monoisotopic (exact) mass is 276 g/mol. The van der Waals surface area contributed by atoms with Gasteiger partial charge in [0.05, 0.1) is 11.9 Å². The molecule has 6 heteroatoms. The molecule has 0 saturated carbocycles. The highest BCUT2D eigenvalue weighted by Gasteiger charge is 2.34. The first kappa shape index (κ1) is 12.5. The molecule has 1 aliphatic rings. The van der Waals surface area contributed by atoms with Gasteiger partial charge in [0.2, 0.25) is 0 Å². The average molecular weight is 276 g/mol. The van der Waals surface area contributed by atoms with Crippen molar-refractivity contribution in [2.24, 2.45) is 7.05 Å². The lowest BCUT2D eigenvalue weighted by molar-refractivity contribution is 0.00933. The molecule has 1 atom stereocenters. The van der Waals surface area contributed by atoms with Gasteiger partial charge in [0.1, 0.15) is 16.1 Å². The van der Waals surface area contributed by atoms with Crippen LogP contribution in [-0.4, -0.2) is 26.4 Å². The van der Waals surface area contributed by atoms with Crippen molar-refractivity contribution in [2.75, 3.05) is 6.61 Å². The Labute approximate surface area is 116 Å². The number of ether oxygens (including phenoxy) is 1. The van der Waals surface area contributed by atoms with Crippen LogP contribution in [0.2, 0.25) is 0 Å². The first-order valence-electron chi connectivity index (χ1n) is 6.32. The zero-order valence-electron chi connectivity index (χ0n) is 11.0. The van der Waals surface area contributed by atoms with Gasteiger partial charge in [-0.25, -0.2) is 4.98 Å². The molecule has 1 aliphatic heterocycles. The molecule has 2 aromatic heterocycles. The molecule has 3 heterocycles. The maximum Gasteiger partial charge on any atom is 0.140 e. The Morgan fingerprint density at radius 1 is 1.53 bits per heavy atom. The van der Waals surface area contributed by atoms with E-state index >= 15 is 0 Å². The predicted molar refractivity (Wildman–Crippen MR) is 74.2 cm³/mol. The molecule has 0 bridgehead atoms. The maximum absolute atomic E-state index is 5.82. The Kier molecular flexibility index (Phi) is 2.99. The zero-order chi connectivity index (χ0) is 13.5. The highest BCUT2D eigenvalue weighted by Crippen LogP contribution is 2.34. The van der Waals surface area contributed by atoms with Crippen LogP contribution in [0.5, 0.6) is 0 Å². The van der Waals surface area contributed by atoms with Gasteiger partial charge < -0.3 is 9.72 Å². The molecule has 19 heavy (non-hydrogen) atoms. The molecule has 1 saturated heterocycles. The number of aryl methyl sites for hydroxylation is 1. The van der Waals surface area contributed by atoms with E-state index in [4.69, 9.17) is 17.0 Å². The van der Waals surface area contributed by atoms with E-state index in [9.17, 15) is 0 Å². The van der Waals surface area contributed by atoms with Gasteiger partial charge in [-0.05, 0) is 25.8 Å². The summed E-state index contributed by atoms with van der Waals surface area (Å²) in [5.41, 5.74) is 1.57. The molecule has 1 unspecified atom stereocenters. The van der Waals surface area contributed by atoms with Crippen molar-refractivity contribution >= 4 is 12.2 Å². The number of nitrogens with one attached hydrogen (secondary N) is 1. The van der Waals surface area contributed by atoms with Gasteiger partial charge >= 0.3 is 0 Å². The van der Waals surface area contributed by atoms with Crippen molar-refractivity contribution in [3.05, 3.63) is 28.9 Å². The second-order valence-corrected chi connectivity index (χ2v) is 5.49. The molecule has 2 aromatic rings. The van der Waals surface area contributed by atoms with Crippen molar-refractivity contribution in [3.63, 3.8) is 0 Å². The zero-order valence-corrected chi connectivity index (χ0v) is 11.8. The first-order valence-corrected chi connectivity index (χ1v) is 6.72. The standard InChI is InChI=1S/C13H16N4OS/c1-13(4-3-5-18-13)12-15-10(6-11(19)16-12)9-7-14-17(2)8-9/h6-8H,3-5H2,1-2H3,(H,15,16,19). The lowest BCUT2D eigenvalue weighted by Gasteiger charge is -2.22. The second-order valence-electron chi connectivity index (χ2n) is 5.07. The third-order valence-electron chi connectivity index (χ3n) is 3.48. The lowest BCUT2D eigenvalue weighted by atomic mass is 10.0. The molecule has 3 rings (SSSR count). The minimum Gasteiger partial charge on any atom is -0.367 e. The van der Waals surface area contributed by atoms with Crippen LogP contribution < -0.4 is 0 Å². The van der Waals surface area contributed by atoms with E-state index in [0.717, 1.165) is 36.5 Å². The molecule has 0 aliphatic carbocycles. The summed E-state index contributed by atoms with van der Waals surface area (Å²) in [7, 11) is 1.89. The van der Waals surface area contributed by atoms with Crippen LogP contribution in [0.4, 0.5) is 0 Å². The van der Waals surface area contributed by atoms with Crippen molar-refractivity contribution < 1.29 is 4.74 Å². The molecule has 1 fully saturated rings. The Hall–Kier alpha value is -1.53. The predicted octanol–water partition coefficient (Wildman–Crippen LogP) is 2.57. The summed E-state index contributed by atoms with van der Waals surface area (Å²) in [5, 5.41) is 4.18. The second kappa shape index (κ2) is 4.54. The molecule has 0 spiro atoms. The minimum atomic E-state index is -0.355. The smallest absolute Gasteiger partial charge is 0.140 e. The quantitative estimate of drug-likeness (QED) is 0.857. The summed E-state index contributed by atoms with van der Waals surface area (Å²) in [6.45, 7) is 2.83. The van der Waals surface area contributed by atoms with Gasteiger partial charge in [-0.15, -0.1) is 0 Å². The topological polar surface area (TPSA) is 55.7 Å². The van der Waals surface area contributed by atoms with E-state index in [1.54, 1.807) is 4.68 Å². The molecule has 5 nitrogen and oxygen atoms in total. The van der Waals surface area contributed by atoms with Crippen LogP contribution in [0.25, 0.3) is 11.3 Å². The van der Waals surface area contributed by atoms with Crippen LogP contribution in [0.3, 0.4) is 0 Å². The lowest BCUT2D eigenvalue weighted by Crippen LogP contribution is -2.23. The maximum atomic E-state index is 5.82. The molecule has 0 aromatic carbocycles. The van der Waals surface area contributed by atoms with E-state index < -0.39 is 0 Å². The summed E-state index contributed by atoms with van der Waals surface area (Å²) in [5.74, 6) is 0.802. The number of hydrogen-bond donors (Lipinski definition) is 1. The highest BCUT2D eigenvalue weighted by molar-refractivity contribution is 7.71. The molecule has 100 valence electrons. The SMILES string of the molecule is Cn1cc(-c2cc(=S)nc(C3(C)CCCO3)[nH]2)cn1. The summed E-state index contributed by atoms with van der Waals surface area (Å²) >= 11 is 5.27. The van der Waals surface area contributed by atoms with Gasteiger partial charge in [-0.1, -0.05) is 12.2 Å². The fourth-order valence-corrected chi connectivity index (χ4v) is 2.60. The van der Waals surface area contributed by atoms with Crippen LogP contribution in [0.15, 0.2) is 18.5 Å². The van der Waals surface area contributed by atoms with Crippen molar-refractivity contribution in [2.45, 2.75) is 25.4 Å². The summed E-state index contributed by atoms with van der Waals surface area (Å²) < 4.78 is 8.15. The van der Waals surface area contributed by atoms with E-state index in [-0.39, 0.29) is 5.60 Å². The third kappa shape index (κ3) is 2.33. The van der Waals surface area contributed by atoms with E-state index in [2.05, 4.69) is 22.0 Å². The molecule has 0 amide bonds. The third-order valence-corrected chi connectivity index (χ3v) is 3.69. The van der Waals surface area contributed by atoms with Crippen LogP contribution in [-0.2, 0) is 17.4 Å². The largest absolute Gasteiger partial charge is 0.367 e. The number of aromatic amines is 1. The Bertz CT molecular complexity index is 655. The normalized spacial score (nSPS) is 22.8. The summed E-state index contributed by atoms with van der Waals surface area (Å²) in [6, 6.07) is 1.86. The van der Waals surface area contributed by atoms with Crippen LogP contribution in [0.1, 0.15) is 25.6 Å². The van der Waals surface area contributed by atoms with E-state index in [1.165, 1.54) is 0 Å². The van der Waals surface area contributed by atoms with Gasteiger partial charge in [-0.2, -0.15) is 5.10 Å². The van der Waals surface area contributed by atoms with Crippen molar-refractivity contribution in [3.8, 4) is 11.3 Å². The number of aromatic nitrogens is 4. The average Bonchev–Trinajstić information content (AvgIpc) is 2.98. The van der Waals surface area contributed by atoms with Gasteiger partial charge in [0.25, 0.3) is 0 Å². The fraction of sp³-hybridized carbons (Fsp3) is 0.462. The molecular formula is C13H16N4OS.